The van der Waals surface area contributed by atoms with E-state index in [-0.39, 0.29) is 5.56 Å². The number of anilines is 1. The Morgan fingerprint density at radius 3 is 2.84 bits per heavy atom. The van der Waals surface area contributed by atoms with Crippen LogP contribution < -0.4 is 10.1 Å². The number of rotatable bonds is 5. The van der Waals surface area contributed by atoms with Crippen molar-refractivity contribution in [3.05, 3.63) is 46.3 Å². The fraction of sp³-hybridized carbons (Fsp3) is 0.154. The van der Waals surface area contributed by atoms with Gasteiger partial charge >= 0.3 is 5.97 Å². The first-order valence-electron chi connectivity index (χ1n) is 5.47. The lowest BCUT2D eigenvalue weighted by Crippen LogP contribution is -1.99. The third-order valence-electron chi connectivity index (χ3n) is 2.47. The van der Waals surface area contributed by atoms with E-state index < -0.39 is 5.97 Å². The van der Waals surface area contributed by atoms with Crippen LogP contribution in [0, 0.1) is 0 Å². The maximum Gasteiger partial charge on any atom is 0.338 e. The Labute approximate surface area is 118 Å². The summed E-state index contributed by atoms with van der Waals surface area (Å²) in [4.78, 5) is 10.7. The van der Waals surface area contributed by atoms with E-state index in [1.165, 1.54) is 12.3 Å². The zero-order chi connectivity index (χ0) is 13.8. The van der Waals surface area contributed by atoms with Gasteiger partial charge in [-0.15, -0.1) is 0 Å². The molecule has 0 atom stereocenters. The number of nitrogens with one attached hydrogen (secondary N) is 1. The molecule has 0 saturated heterocycles. The van der Waals surface area contributed by atoms with Gasteiger partial charge in [-0.05, 0) is 18.2 Å². The lowest BCUT2D eigenvalue weighted by Gasteiger charge is -2.07. The number of ether oxygens (including phenoxy) is 1. The van der Waals surface area contributed by atoms with Crippen LogP contribution in [0.3, 0.4) is 0 Å². The van der Waals surface area contributed by atoms with Crippen molar-refractivity contribution in [3.8, 4) is 5.75 Å². The fourth-order valence-corrected chi connectivity index (χ4v) is 2.03. The number of aromatic carboxylic acids is 1. The molecular formula is C13H12BrNO4. The summed E-state index contributed by atoms with van der Waals surface area (Å²) in [5.41, 5.74) is 0.989. The smallest absolute Gasteiger partial charge is 0.338 e. The summed E-state index contributed by atoms with van der Waals surface area (Å²) in [6.45, 7) is 0.396. The number of carboxylic acid groups (broad SMARTS) is 1. The minimum atomic E-state index is -1.00. The second-order valence-electron chi connectivity index (χ2n) is 3.84. The Balaban J connectivity index is 2.05. The number of hydrogen-bond acceptors (Lipinski definition) is 4. The van der Waals surface area contributed by atoms with Crippen molar-refractivity contribution in [1.29, 1.82) is 0 Å². The largest absolute Gasteiger partial charge is 0.497 e. The number of furan rings is 1. The summed E-state index contributed by atoms with van der Waals surface area (Å²) in [7, 11) is 1.59. The van der Waals surface area contributed by atoms with Crippen LogP contribution in [-0.4, -0.2) is 18.2 Å². The Morgan fingerprint density at radius 2 is 2.21 bits per heavy atom. The molecule has 1 aromatic heterocycles. The fourth-order valence-electron chi connectivity index (χ4n) is 1.56. The van der Waals surface area contributed by atoms with E-state index in [0.29, 0.717) is 12.3 Å². The maximum absolute atomic E-state index is 10.7. The van der Waals surface area contributed by atoms with Crippen LogP contribution in [-0.2, 0) is 6.54 Å². The molecule has 0 spiro atoms. The van der Waals surface area contributed by atoms with Gasteiger partial charge in [0.05, 0.1) is 19.2 Å². The van der Waals surface area contributed by atoms with Gasteiger partial charge in [0.15, 0.2) is 0 Å². The quantitative estimate of drug-likeness (QED) is 0.881. The van der Waals surface area contributed by atoms with Crippen molar-refractivity contribution in [1.82, 2.24) is 0 Å². The molecule has 0 aliphatic heterocycles. The summed E-state index contributed by atoms with van der Waals surface area (Å²) >= 11 is 3.38. The number of carbonyl (C=O) groups is 1. The molecule has 0 amide bonds. The molecular weight excluding hydrogens is 314 g/mol. The third-order valence-corrected chi connectivity index (χ3v) is 2.93. The molecule has 0 unspecified atom stereocenters. The standard InChI is InChI=1S/C13H12BrNO4/c1-18-11-4-9(14)3-10(5-11)15-6-12-2-8(7-19-12)13(16)17/h2-5,7,15H,6H2,1H3,(H,16,17). The topological polar surface area (TPSA) is 71.7 Å². The van der Waals surface area contributed by atoms with Gasteiger partial charge in [-0.25, -0.2) is 4.79 Å². The Bertz CT molecular complexity index is 594. The second-order valence-corrected chi connectivity index (χ2v) is 4.76. The molecule has 19 heavy (non-hydrogen) atoms. The van der Waals surface area contributed by atoms with Crippen molar-refractivity contribution in [3.63, 3.8) is 0 Å². The van der Waals surface area contributed by atoms with E-state index in [1.54, 1.807) is 7.11 Å². The Morgan fingerprint density at radius 1 is 1.42 bits per heavy atom. The number of benzene rings is 1. The van der Waals surface area contributed by atoms with Crippen LogP contribution in [0.1, 0.15) is 16.1 Å². The molecule has 0 bridgehead atoms. The van der Waals surface area contributed by atoms with Gasteiger partial charge in [0, 0.05) is 16.2 Å². The highest BCUT2D eigenvalue weighted by molar-refractivity contribution is 9.10. The maximum atomic E-state index is 10.7. The second kappa shape index (κ2) is 5.79. The van der Waals surface area contributed by atoms with Gasteiger partial charge in [0.1, 0.15) is 17.8 Å². The van der Waals surface area contributed by atoms with Gasteiger partial charge in [0.25, 0.3) is 0 Å². The summed E-state index contributed by atoms with van der Waals surface area (Å²) in [6, 6.07) is 7.07. The van der Waals surface area contributed by atoms with Crippen LogP contribution in [0.25, 0.3) is 0 Å². The summed E-state index contributed by atoms with van der Waals surface area (Å²) in [6.07, 6.45) is 1.22. The van der Waals surface area contributed by atoms with Crippen LogP contribution in [0.4, 0.5) is 5.69 Å². The van der Waals surface area contributed by atoms with Gasteiger partial charge < -0.3 is 19.6 Å². The monoisotopic (exact) mass is 325 g/mol. The minimum absolute atomic E-state index is 0.142. The van der Waals surface area contributed by atoms with Gasteiger partial charge in [-0.2, -0.15) is 0 Å². The molecule has 0 aliphatic carbocycles. The molecule has 2 rings (SSSR count). The van der Waals surface area contributed by atoms with Crippen LogP contribution >= 0.6 is 15.9 Å². The summed E-state index contributed by atoms with van der Waals surface area (Å²) < 4.78 is 11.2. The normalized spacial score (nSPS) is 10.2. The first-order valence-corrected chi connectivity index (χ1v) is 6.27. The minimum Gasteiger partial charge on any atom is -0.497 e. The lowest BCUT2D eigenvalue weighted by atomic mass is 10.3. The van der Waals surface area contributed by atoms with E-state index in [4.69, 9.17) is 14.3 Å². The van der Waals surface area contributed by atoms with Crippen molar-refractivity contribution in [2.24, 2.45) is 0 Å². The highest BCUT2D eigenvalue weighted by Gasteiger charge is 2.08. The molecule has 100 valence electrons. The first-order chi connectivity index (χ1) is 9.08. The summed E-state index contributed by atoms with van der Waals surface area (Å²) in [5.74, 6) is 0.276. The van der Waals surface area contributed by atoms with Crippen LogP contribution in [0.5, 0.6) is 5.75 Å². The number of methoxy groups -OCH3 is 1. The van der Waals surface area contributed by atoms with E-state index in [0.717, 1.165) is 15.9 Å². The molecule has 5 nitrogen and oxygen atoms in total. The highest BCUT2D eigenvalue weighted by Crippen LogP contribution is 2.25. The molecule has 0 radical (unpaired) electrons. The average Bonchev–Trinajstić information content (AvgIpc) is 2.84. The highest BCUT2D eigenvalue weighted by atomic mass is 79.9. The molecule has 2 N–H and O–H groups in total. The predicted octanol–water partition coefficient (Wildman–Crippen LogP) is 3.36. The van der Waals surface area contributed by atoms with Crippen molar-refractivity contribution in [2.75, 3.05) is 12.4 Å². The predicted molar refractivity (Wildman–Crippen MR) is 73.7 cm³/mol. The van der Waals surface area contributed by atoms with E-state index in [1.807, 2.05) is 18.2 Å². The van der Waals surface area contributed by atoms with Gasteiger partial charge in [-0.1, -0.05) is 15.9 Å². The van der Waals surface area contributed by atoms with Gasteiger partial charge in [-0.3, -0.25) is 0 Å². The van der Waals surface area contributed by atoms with E-state index in [2.05, 4.69) is 21.2 Å². The van der Waals surface area contributed by atoms with Crippen LogP contribution in [0.15, 0.2) is 39.4 Å². The number of halogens is 1. The molecule has 1 aromatic carbocycles. The zero-order valence-corrected chi connectivity index (χ0v) is 11.7. The Hall–Kier alpha value is -1.95. The van der Waals surface area contributed by atoms with Crippen molar-refractivity contribution < 1.29 is 19.1 Å². The van der Waals surface area contributed by atoms with Crippen molar-refractivity contribution in [2.45, 2.75) is 6.54 Å². The van der Waals surface area contributed by atoms with E-state index in [9.17, 15) is 4.79 Å². The van der Waals surface area contributed by atoms with Gasteiger partial charge in [0.2, 0.25) is 0 Å². The average molecular weight is 326 g/mol. The summed E-state index contributed by atoms with van der Waals surface area (Å²) in [5, 5.41) is 11.9. The molecule has 0 aliphatic rings. The lowest BCUT2D eigenvalue weighted by molar-refractivity contribution is 0.0696. The third kappa shape index (κ3) is 3.51. The zero-order valence-electron chi connectivity index (χ0n) is 10.1. The van der Waals surface area contributed by atoms with Crippen molar-refractivity contribution >= 4 is 27.6 Å². The SMILES string of the molecule is COc1cc(Br)cc(NCc2cc(C(=O)O)co2)c1. The number of hydrogen-bond donors (Lipinski definition) is 2. The van der Waals surface area contributed by atoms with E-state index >= 15 is 0 Å². The molecule has 1 heterocycles. The Kier molecular flexibility index (Phi) is 4.11. The number of carboxylic acids is 1. The molecule has 2 aromatic rings. The van der Waals surface area contributed by atoms with Crippen LogP contribution in [0.2, 0.25) is 0 Å². The first kappa shape index (κ1) is 13.5. The molecule has 0 saturated carbocycles. The molecule has 6 heteroatoms. The molecule has 0 fully saturated rings.